The van der Waals surface area contributed by atoms with Crippen LogP contribution in [0.5, 0.6) is 0 Å². The van der Waals surface area contributed by atoms with Crippen molar-refractivity contribution in [3.8, 4) is 0 Å². The highest BCUT2D eigenvalue weighted by Gasteiger charge is 2.20. The summed E-state index contributed by atoms with van der Waals surface area (Å²) in [5.41, 5.74) is 1.13. The van der Waals surface area contributed by atoms with Gasteiger partial charge in [0.2, 0.25) is 0 Å². The van der Waals surface area contributed by atoms with Gasteiger partial charge in [-0.25, -0.2) is 4.98 Å². The van der Waals surface area contributed by atoms with Crippen LogP contribution in [0.15, 0.2) is 63.0 Å². The van der Waals surface area contributed by atoms with E-state index in [1.165, 1.54) is 11.8 Å². The van der Waals surface area contributed by atoms with Crippen molar-refractivity contribution in [2.24, 2.45) is 0 Å². The average Bonchev–Trinajstić information content (AvgIpc) is 2.68. The summed E-state index contributed by atoms with van der Waals surface area (Å²) in [5.74, 6) is -0.00630. The average molecular weight is 447 g/mol. The lowest BCUT2D eigenvalue weighted by Crippen LogP contribution is -2.26. The molecule has 0 aliphatic carbocycles. The minimum absolute atomic E-state index is 0.00630. The quantitative estimate of drug-likeness (QED) is 0.309. The lowest BCUT2D eigenvalue weighted by Gasteiger charge is -2.15. The van der Waals surface area contributed by atoms with E-state index in [0.717, 1.165) is 4.47 Å². The molecule has 0 fully saturated rings. The highest BCUT2D eigenvalue weighted by molar-refractivity contribution is 9.10. The number of aromatic nitrogens is 2. The number of hydrogen-bond donors (Lipinski definition) is 0. The van der Waals surface area contributed by atoms with Gasteiger partial charge in [-0.15, -0.1) is 0 Å². The Bertz CT molecular complexity index is 1020. The summed E-state index contributed by atoms with van der Waals surface area (Å²) in [6.07, 6.45) is 0. The minimum atomic E-state index is -0.381. The molecule has 0 saturated heterocycles. The minimum Gasteiger partial charge on any atom is -0.383 e. The highest BCUT2D eigenvalue weighted by Crippen LogP contribution is 2.25. The number of carbonyl (C=O) groups is 1. The molecule has 1 heterocycles. The van der Waals surface area contributed by atoms with Crippen LogP contribution in [0.1, 0.15) is 17.3 Å². The second-order valence-electron chi connectivity index (χ2n) is 5.99. The number of ether oxygens (including phenoxy) is 1. The van der Waals surface area contributed by atoms with Gasteiger partial charge in [-0.3, -0.25) is 14.2 Å². The lowest BCUT2D eigenvalue weighted by molar-refractivity contribution is 0.0994. The first-order valence-electron chi connectivity index (χ1n) is 8.46. The molecule has 0 spiro atoms. The molecular weight excluding hydrogens is 428 g/mol. The number of carbonyl (C=O) groups excluding carboxylic acids is 1. The first-order valence-corrected chi connectivity index (χ1v) is 10.1. The second-order valence-corrected chi connectivity index (χ2v) is 8.22. The largest absolute Gasteiger partial charge is 0.383 e. The number of hydrogen-bond acceptors (Lipinski definition) is 5. The topological polar surface area (TPSA) is 61.2 Å². The normalized spacial score (nSPS) is 12.3. The van der Waals surface area contributed by atoms with Crippen LogP contribution in [0.3, 0.4) is 0 Å². The van der Waals surface area contributed by atoms with E-state index < -0.39 is 0 Å². The van der Waals surface area contributed by atoms with Crippen molar-refractivity contribution in [2.45, 2.75) is 23.9 Å². The van der Waals surface area contributed by atoms with Crippen LogP contribution >= 0.6 is 27.7 Å². The van der Waals surface area contributed by atoms with Gasteiger partial charge in [0, 0.05) is 17.1 Å². The molecule has 0 aliphatic heterocycles. The lowest BCUT2D eigenvalue weighted by atomic mass is 10.1. The molecule has 7 heteroatoms. The Morgan fingerprint density at radius 2 is 1.93 bits per heavy atom. The van der Waals surface area contributed by atoms with Gasteiger partial charge >= 0.3 is 0 Å². The van der Waals surface area contributed by atoms with Crippen LogP contribution in [0.4, 0.5) is 0 Å². The molecule has 27 heavy (non-hydrogen) atoms. The standard InChI is InChI=1S/C20H19BrN2O3S/c1-13(18(24)14-7-9-15(21)10-8-14)27-20-22-17-6-4-3-5-16(17)19(25)23(20)11-12-26-2/h3-10,13H,11-12H2,1-2H3. The molecule has 0 bridgehead atoms. The van der Waals surface area contributed by atoms with Gasteiger partial charge in [0.25, 0.3) is 5.56 Å². The van der Waals surface area contributed by atoms with Gasteiger partial charge in [-0.2, -0.15) is 0 Å². The van der Waals surface area contributed by atoms with E-state index in [1.807, 2.05) is 37.3 Å². The zero-order valence-corrected chi connectivity index (χ0v) is 17.4. The van der Waals surface area contributed by atoms with Crippen LogP contribution in [0.2, 0.25) is 0 Å². The van der Waals surface area contributed by atoms with Gasteiger partial charge in [-0.1, -0.05) is 52.0 Å². The Hall–Kier alpha value is -1.96. The smallest absolute Gasteiger partial charge is 0.262 e. The number of rotatable bonds is 7. The van der Waals surface area contributed by atoms with Crippen molar-refractivity contribution < 1.29 is 9.53 Å². The third-order valence-corrected chi connectivity index (χ3v) is 5.74. The molecule has 0 radical (unpaired) electrons. The fourth-order valence-electron chi connectivity index (χ4n) is 2.68. The molecule has 0 aliphatic rings. The van der Waals surface area contributed by atoms with E-state index in [2.05, 4.69) is 20.9 Å². The van der Waals surface area contributed by atoms with Crippen molar-refractivity contribution in [3.05, 3.63) is 68.9 Å². The Labute approximate surface area is 169 Å². The summed E-state index contributed by atoms with van der Waals surface area (Å²) in [6.45, 7) is 2.61. The maximum Gasteiger partial charge on any atom is 0.262 e. The molecule has 0 N–H and O–H groups in total. The predicted octanol–water partition coefficient (Wildman–Crippen LogP) is 4.17. The van der Waals surface area contributed by atoms with E-state index in [4.69, 9.17) is 4.74 Å². The molecule has 3 rings (SSSR count). The van der Waals surface area contributed by atoms with Crippen LogP contribution in [0, 0.1) is 0 Å². The molecule has 1 aromatic heterocycles. The molecule has 3 aromatic rings. The third-order valence-electron chi connectivity index (χ3n) is 4.13. The fourth-order valence-corrected chi connectivity index (χ4v) is 3.95. The van der Waals surface area contributed by atoms with Crippen molar-refractivity contribution in [1.82, 2.24) is 9.55 Å². The zero-order chi connectivity index (χ0) is 19.4. The summed E-state index contributed by atoms with van der Waals surface area (Å²) in [6, 6.07) is 14.5. The fraction of sp³-hybridized carbons (Fsp3) is 0.250. The molecular formula is C20H19BrN2O3S. The summed E-state index contributed by atoms with van der Waals surface area (Å²) in [7, 11) is 1.59. The zero-order valence-electron chi connectivity index (χ0n) is 15.0. The monoisotopic (exact) mass is 446 g/mol. The summed E-state index contributed by atoms with van der Waals surface area (Å²) < 4.78 is 7.64. The summed E-state index contributed by atoms with van der Waals surface area (Å²) in [4.78, 5) is 30.3. The molecule has 0 amide bonds. The third kappa shape index (κ3) is 4.48. The number of halogens is 1. The van der Waals surface area contributed by atoms with Crippen molar-refractivity contribution >= 4 is 44.4 Å². The first kappa shape index (κ1) is 19.8. The molecule has 1 atom stereocenters. The van der Waals surface area contributed by atoms with Crippen LogP contribution in [-0.2, 0) is 11.3 Å². The van der Waals surface area contributed by atoms with Crippen LogP contribution in [0.25, 0.3) is 10.9 Å². The highest BCUT2D eigenvalue weighted by atomic mass is 79.9. The molecule has 2 aromatic carbocycles. The molecule has 0 saturated carbocycles. The Morgan fingerprint density at radius 3 is 2.63 bits per heavy atom. The first-order chi connectivity index (χ1) is 13.0. The number of benzene rings is 2. The number of methoxy groups -OCH3 is 1. The number of thioether (sulfide) groups is 1. The van der Waals surface area contributed by atoms with E-state index in [0.29, 0.717) is 34.8 Å². The Morgan fingerprint density at radius 1 is 1.22 bits per heavy atom. The van der Waals surface area contributed by atoms with Gasteiger partial charge < -0.3 is 4.74 Å². The predicted molar refractivity (Wildman–Crippen MR) is 112 cm³/mol. The molecule has 5 nitrogen and oxygen atoms in total. The summed E-state index contributed by atoms with van der Waals surface area (Å²) in [5, 5.41) is 0.701. The number of para-hydroxylation sites is 1. The Balaban J connectivity index is 1.95. The van der Waals surface area contributed by atoms with E-state index in [1.54, 1.807) is 29.9 Å². The number of Topliss-reactive ketones (excluding diaryl/α,β-unsaturated/α-hetero) is 1. The van der Waals surface area contributed by atoms with Crippen LogP contribution < -0.4 is 5.56 Å². The van der Waals surface area contributed by atoms with Gasteiger partial charge in [0.05, 0.1) is 29.3 Å². The number of fused-ring (bicyclic) bond motifs is 1. The van der Waals surface area contributed by atoms with E-state index in [9.17, 15) is 9.59 Å². The molecule has 1 unspecified atom stereocenters. The van der Waals surface area contributed by atoms with Crippen LogP contribution in [-0.4, -0.2) is 34.3 Å². The van der Waals surface area contributed by atoms with E-state index in [-0.39, 0.29) is 16.6 Å². The van der Waals surface area contributed by atoms with Crippen molar-refractivity contribution in [1.29, 1.82) is 0 Å². The van der Waals surface area contributed by atoms with Crippen molar-refractivity contribution in [2.75, 3.05) is 13.7 Å². The Kier molecular flexibility index (Phi) is 6.46. The second kappa shape index (κ2) is 8.82. The maximum atomic E-state index is 12.9. The summed E-state index contributed by atoms with van der Waals surface area (Å²) >= 11 is 4.67. The van der Waals surface area contributed by atoms with Crippen molar-refractivity contribution in [3.63, 3.8) is 0 Å². The molecule has 140 valence electrons. The number of nitrogens with zero attached hydrogens (tertiary/aromatic N) is 2. The number of ketones is 1. The van der Waals surface area contributed by atoms with Gasteiger partial charge in [0.1, 0.15) is 0 Å². The van der Waals surface area contributed by atoms with Gasteiger partial charge in [0.15, 0.2) is 10.9 Å². The SMILES string of the molecule is COCCn1c(SC(C)C(=O)c2ccc(Br)cc2)nc2ccccc2c1=O. The van der Waals surface area contributed by atoms with Gasteiger partial charge in [-0.05, 0) is 31.2 Å². The maximum absolute atomic E-state index is 12.9. The van der Waals surface area contributed by atoms with E-state index >= 15 is 0 Å².